The van der Waals surface area contributed by atoms with E-state index in [9.17, 15) is 0 Å². The lowest BCUT2D eigenvalue weighted by atomic mass is 9.69. The summed E-state index contributed by atoms with van der Waals surface area (Å²) >= 11 is 0. The highest BCUT2D eigenvalue weighted by atomic mass is 16.5. The maximum absolute atomic E-state index is 6.17. The van der Waals surface area contributed by atoms with E-state index in [1.807, 2.05) is 6.07 Å². The Labute approximate surface area is 104 Å². The summed E-state index contributed by atoms with van der Waals surface area (Å²) in [5, 5.41) is 0. The van der Waals surface area contributed by atoms with Crippen LogP contribution in [-0.2, 0) is 0 Å². The van der Waals surface area contributed by atoms with Crippen molar-refractivity contribution in [1.82, 2.24) is 0 Å². The van der Waals surface area contributed by atoms with Crippen LogP contribution in [-0.4, -0.2) is 6.10 Å². The molecule has 0 heterocycles. The monoisotopic (exact) mass is 230 g/mol. The van der Waals surface area contributed by atoms with E-state index >= 15 is 0 Å². The second-order valence-corrected chi connectivity index (χ2v) is 6.41. The molecule has 2 saturated carbocycles. The molecule has 3 rings (SSSR count). The fourth-order valence-electron chi connectivity index (χ4n) is 3.90. The molecule has 0 spiro atoms. The smallest absolute Gasteiger partial charge is 0.119 e. The number of hydrogen-bond acceptors (Lipinski definition) is 1. The van der Waals surface area contributed by atoms with Gasteiger partial charge in [0.1, 0.15) is 11.9 Å². The van der Waals surface area contributed by atoms with Crippen LogP contribution in [0.25, 0.3) is 0 Å². The molecule has 92 valence electrons. The Morgan fingerprint density at radius 3 is 2.41 bits per heavy atom. The molecule has 2 aliphatic rings. The summed E-state index contributed by atoms with van der Waals surface area (Å²) in [6, 6.07) is 10.3. The van der Waals surface area contributed by atoms with E-state index < -0.39 is 0 Å². The molecule has 0 aliphatic heterocycles. The first-order valence-corrected chi connectivity index (χ1v) is 6.80. The van der Waals surface area contributed by atoms with Crippen LogP contribution in [0.3, 0.4) is 0 Å². The molecule has 0 aromatic heterocycles. The predicted octanol–water partition coefficient (Wildman–Crippen LogP) is 4.14. The predicted molar refractivity (Wildman–Crippen MR) is 70.0 cm³/mol. The van der Waals surface area contributed by atoms with Crippen LogP contribution >= 0.6 is 0 Å². The normalized spacial score (nSPS) is 38.3. The summed E-state index contributed by atoms with van der Waals surface area (Å²) in [4.78, 5) is 0. The highest BCUT2D eigenvalue weighted by Gasteiger charge is 2.55. The van der Waals surface area contributed by atoms with E-state index in [1.54, 1.807) is 0 Å². The number of hydrogen-bond donors (Lipinski definition) is 0. The van der Waals surface area contributed by atoms with Gasteiger partial charge in [0.25, 0.3) is 0 Å². The molecule has 1 heteroatoms. The lowest BCUT2D eigenvalue weighted by molar-refractivity contribution is 0.0388. The Kier molecular flexibility index (Phi) is 2.46. The molecule has 17 heavy (non-hydrogen) atoms. The van der Waals surface area contributed by atoms with Gasteiger partial charge in [-0.3, -0.25) is 0 Å². The van der Waals surface area contributed by atoms with Gasteiger partial charge in [-0.2, -0.15) is 0 Å². The lowest BCUT2D eigenvalue weighted by Gasteiger charge is -2.39. The fourth-order valence-corrected chi connectivity index (χ4v) is 3.90. The minimum atomic E-state index is 0.449. The van der Waals surface area contributed by atoms with Gasteiger partial charge in [0.05, 0.1) is 0 Å². The third-order valence-electron chi connectivity index (χ3n) is 5.45. The van der Waals surface area contributed by atoms with Gasteiger partial charge in [-0.25, -0.2) is 0 Å². The Balaban J connectivity index is 1.73. The Bertz CT molecular complexity index is 391. The first kappa shape index (κ1) is 11.1. The zero-order valence-electron chi connectivity index (χ0n) is 11.0. The van der Waals surface area contributed by atoms with Crippen molar-refractivity contribution in [3.05, 3.63) is 30.3 Å². The van der Waals surface area contributed by atoms with E-state index in [4.69, 9.17) is 4.74 Å². The van der Waals surface area contributed by atoms with E-state index in [2.05, 4.69) is 45.0 Å². The summed E-state index contributed by atoms with van der Waals surface area (Å²) in [5.41, 5.74) is 0.515. The van der Waals surface area contributed by atoms with Gasteiger partial charge in [-0.05, 0) is 48.1 Å². The molecule has 0 unspecified atom stereocenters. The minimum Gasteiger partial charge on any atom is -0.490 e. The first-order chi connectivity index (χ1) is 8.09. The number of rotatable bonds is 2. The number of fused-ring (bicyclic) bond motifs is 2. The molecule has 0 N–H and O–H groups in total. The van der Waals surface area contributed by atoms with Crippen LogP contribution in [0.5, 0.6) is 5.75 Å². The summed E-state index contributed by atoms with van der Waals surface area (Å²) in [6.07, 6.45) is 3.06. The van der Waals surface area contributed by atoms with Gasteiger partial charge in [0, 0.05) is 0 Å². The largest absolute Gasteiger partial charge is 0.490 e. The third-order valence-corrected chi connectivity index (χ3v) is 5.45. The maximum Gasteiger partial charge on any atom is 0.119 e. The molecule has 1 aromatic carbocycles. The van der Waals surface area contributed by atoms with Gasteiger partial charge in [0.2, 0.25) is 0 Å². The van der Waals surface area contributed by atoms with E-state index in [0.29, 0.717) is 11.5 Å². The molecule has 2 bridgehead atoms. The Hall–Kier alpha value is -0.980. The highest BCUT2D eigenvalue weighted by Crippen LogP contribution is 2.59. The van der Waals surface area contributed by atoms with Crippen molar-refractivity contribution < 1.29 is 4.74 Å². The van der Waals surface area contributed by atoms with Gasteiger partial charge < -0.3 is 4.74 Å². The van der Waals surface area contributed by atoms with Crippen LogP contribution in [0.1, 0.15) is 33.6 Å². The van der Waals surface area contributed by atoms with E-state index in [-0.39, 0.29) is 0 Å². The Morgan fingerprint density at radius 1 is 1.12 bits per heavy atom. The van der Waals surface area contributed by atoms with Crippen LogP contribution in [0.15, 0.2) is 30.3 Å². The fraction of sp³-hybridized carbons (Fsp3) is 0.625. The molecule has 2 aliphatic carbocycles. The molecule has 0 radical (unpaired) electrons. The second-order valence-electron chi connectivity index (χ2n) is 6.41. The quantitative estimate of drug-likeness (QED) is 0.742. The van der Waals surface area contributed by atoms with Crippen LogP contribution in [0, 0.1) is 23.2 Å². The maximum atomic E-state index is 6.17. The van der Waals surface area contributed by atoms with Crippen molar-refractivity contribution in [1.29, 1.82) is 0 Å². The molecular weight excluding hydrogens is 208 g/mol. The van der Waals surface area contributed by atoms with Crippen molar-refractivity contribution in [2.24, 2.45) is 23.2 Å². The summed E-state index contributed by atoms with van der Waals surface area (Å²) < 4.78 is 6.17. The molecule has 0 amide bonds. The van der Waals surface area contributed by atoms with Crippen molar-refractivity contribution in [2.75, 3.05) is 0 Å². The van der Waals surface area contributed by atoms with Crippen LogP contribution in [0.2, 0.25) is 0 Å². The van der Waals surface area contributed by atoms with Crippen molar-refractivity contribution in [3.63, 3.8) is 0 Å². The second kappa shape index (κ2) is 3.76. The zero-order chi connectivity index (χ0) is 12.0. The van der Waals surface area contributed by atoms with Gasteiger partial charge in [-0.1, -0.05) is 39.0 Å². The third kappa shape index (κ3) is 1.67. The van der Waals surface area contributed by atoms with E-state index in [0.717, 1.165) is 23.5 Å². The number of para-hydroxylation sites is 1. The van der Waals surface area contributed by atoms with E-state index in [1.165, 1.54) is 12.8 Å². The zero-order valence-corrected chi connectivity index (χ0v) is 11.0. The topological polar surface area (TPSA) is 9.23 Å². The molecule has 1 nitrogen and oxygen atoms in total. The van der Waals surface area contributed by atoms with Gasteiger partial charge in [0.15, 0.2) is 0 Å². The average Bonchev–Trinajstić information content (AvgIpc) is 2.81. The summed E-state index contributed by atoms with van der Waals surface area (Å²) in [5.74, 6) is 3.44. The minimum absolute atomic E-state index is 0.449. The number of ether oxygens (including phenoxy) is 1. The molecule has 0 saturated heterocycles. The van der Waals surface area contributed by atoms with Crippen molar-refractivity contribution >= 4 is 0 Å². The Morgan fingerprint density at radius 2 is 1.82 bits per heavy atom. The van der Waals surface area contributed by atoms with Gasteiger partial charge >= 0.3 is 0 Å². The molecule has 1 aromatic rings. The molecular formula is C16H22O. The lowest BCUT2D eigenvalue weighted by Crippen LogP contribution is -2.38. The van der Waals surface area contributed by atoms with Crippen molar-refractivity contribution in [3.8, 4) is 5.75 Å². The standard InChI is InChI=1S/C16H22O/c1-11-14-9-12(16(11,2)3)10-15(14)17-13-7-5-4-6-8-13/h4-8,11-12,14-15H,9-10H2,1-3H3/t11-,12+,14+,15-/m1/s1. The van der Waals surface area contributed by atoms with Gasteiger partial charge in [-0.15, -0.1) is 0 Å². The van der Waals surface area contributed by atoms with Crippen LogP contribution < -0.4 is 4.74 Å². The average molecular weight is 230 g/mol. The first-order valence-electron chi connectivity index (χ1n) is 6.80. The summed E-state index contributed by atoms with van der Waals surface area (Å²) in [7, 11) is 0. The number of benzene rings is 1. The molecule has 4 atom stereocenters. The summed E-state index contributed by atoms with van der Waals surface area (Å²) in [6.45, 7) is 7.27. The molecule has 2 fully saturated rings. The SMILES string of the molecule is C[C@@H]1[C@@H]2C[C@@H](C[C@H]2Oc2ccccc2)C1(C)C. The van der Waals surface area contributed by atoms with Crippen LogP contribution in [0.4, 0.5) is 0 Å². The van der Waals surface area contributed by atoms with Crippen molar-refractivity contribution in [2.45, 2.75) is 39.7 Å². The highest BCUT2D eigenvalue weighted by molar-refractivity contribution is 5.22.